The van der Waals surface area contributed by atoms with Crippen LogP contribution in [0.1, 0.15) is 22.4 Å². The number of carbonyl (C=O) groups excluding carboxylic acids is 1. The lowest BCUT2D eigenvalue weighted by Gasteiger charge is -1.99. The highest BCUT2D eigenvalue weighted by atomic mass is 35.5. The Hall–Kier alpha value is -2.11. The van der Waals surface area contributed by atoms with Crippen LogP contribution in [0, 0.1) is 0 Å². The number of nitrogens with zero attached hydrogens (tertiary/aromatic N) is 1. The zero-order valence-electron chi connectivity index (χ0n) is 11.1. The number of hydrogen-bond acceptors (Lipinski definition) is 4. The highest BCUT2D eigenvalue weighted by Gasteiger charge is 2.16. The number of rotatable bonds is 3. The molecule has 0 atom stereocenters. The Morgan fingerprint density at radius 1 is 1.29 bits per heavy atom. The molecule has 21 heavy (non-hydrogen) atoms. The Morgan fingerprint density at radius 3 is 2.81 bits per heavy atom. The molecule has 6 heteroatoms. The molecule has 0 spiro atoms. The maximum absolute atomic E-state index is 12.2. The van der Waals surface area contributed by atoms with E-state index >= 15 is 0 Å². The van der Waals surface area contributed by atoms with Crippen molar-refractivity contribution in [3.63, 3.8) is 0 Å². The summed E-state index contributed by atoms with van der Waals surface area (Å²) in [7, 11) is 0. The second-order valence-electron chi connectivity index (χ2n) is 4.36. The monoisotopic (exact) mass is 318 g/mol. The van der Waals surface area contributed by atoms with Crippen molar-refractivity contribution in [2.45, 2.75) is 6.92 Å². The van der Waals surface area contributed by atoms with Gasteiger partial charge in [0.25, 0.3) is 5.91 Å². The zero-order valence-corrected chi connectivity index (χ0v) is 12.7. The van der Waals surface area contributed by atoms with Gasteiger partial charge in [0.15, 0.2) is 0 Å². The molecule has 0 aliphatic rings. The van der Waals surface area contributed by atoms with Crippen molar-refractivity contribution < 1.29 is 9.21 Å². The van der Waals surface area contributed by atoms with Gasteiger partial charge in [-0.2, -0.15) is 5.10 Å². The molecule has 0 radical (unpaired) electrons. The molecule has 4 nitrogen and oxygen atoms in total. The van der Waals surface area contributed by atoms with Crippen LogP contribution in [0.2, 0.25) is 5.02 Å². The van der Waals surface area contributed by atoms with Crippen molar-refractivity contribution in [2.24, 2.45) is 5.10 Å². The minimum absolute atomic E-state index is 0.327. The first kappa shape index (κ1) is 13.9. The number of nitrogens with one attached hydrogen (secondary N) is 1. The topological polar surface area (TPSA) is 54.6 Å². The fraction of sp³-hybridized carbons (Fsp3) is 0.0667. The predicted octanol–water partition coefficient (Wildman–Crippen LogP) is 4.30. The van der Waals surface area contributed by atoms with Crippen molar-refractivity contribution in [2.75, 3.05) is 0 Å². The zero-order chi connectivity index (χ0) is 14.8. The molecule has 1 N–H and O–H groups in total. The molecule has 1 amide bonds. The van der Waals surface area contributed by atoms with Crippen LogP contribution in [0.15, 0.2) is 52.2 Å². The van der Waals surface area contributed by atoms with Crippen LogP contribution >= 0.6 is 22.9 Å². The maximum Gasteiger partial charge on any atom is 0.283 e. The van der Waals surface area contributed by atoms with E-state index in [1.807, 2.05) is 24.3 Å². The lowest BCUT2D eigenvalue weighted by atomic mass is 10.2. The van der Waals surface area contributed by atoms with Crippen LogP contribution in [0.4, 0.5) is 0 Å². The highest BCUT2D eigenvalue weighted by Crippen LogP contribution is 2.34. The van der Waals surface area contributed by atoms with E-state index in [-0.39, 0.29) is 5.91 Å². The van der Waals surface area contributed by atoms with Gasteiger partial charge in [-0.05, 0) is 25.1 Å². The van der Waals surface area contributed by atoms with Gasteiger partial charge < -0.3 is 4.42 Å². The normalized spacial score (nSPS) is 11.8. The molecule has 1 aromatic carbocycles. The van der Waals surface area contributed by atoms with E-state index in [2.05, 4.69) is 10.5 Å². The first-order valence-corrected chi connectivity index (χ1v) is 7.42. The number of thiophene rings is 1. The summed E-state index contributed by atoms with van der Waals surface area (Å²) in [6, 6.07) is 11.2. The van der Waals surface area contributed by atoms with Crippen molar-refractivity contribution >= 4 is 44.6 Å². The third-order valence-electron chi connectivity index (χ3n) is 2.94. The summed E-state index contributed by atoms with van der Waals surface area (Å²) >= 11 is 7.59. The summed E-state index contributed by atoms with van der Waals surface area (Å²) in [6.45, 7) is 1.76. The van der Waals surface area contributed by atoms with E-state index in [1.54, 1.807) is 25.3 Å². The van der Waals surface area contributed by atoms with Gasteiger partial charge in [0, 0.05) is 10.1 Å². The van der Waals surface area contributed by atoms with Gasteiger partial charge >= 0.3 is 0 Å². The number of fused-ring (bicyclic) bond motifs is 1. The smallest absolute Gasteiger partial charge is 0.283 e. The maximum atomic E-state index is 12.2. The minimum atomic E-state index is -0.327. The molecule has 3 aromatic rings. The average molecular weight is 319 g/mol. The van der Waals surface area contributed by atoms with Crippen molar-refractivity contribution in [3.8, 4) is 0 Å². The summed E-state index contributed by atoms with van der Waals surface area (Å²) in [4.78, 5) is 12.6. The van der Waals surface area contributed by atoms with E-state index < -0.39 is 0 Å². The Bertz CT molecular complexity index is 821. The van der Waals surface area contributed by atoms with Crippen molar-refractivity contribution in [1.29, 1.82) is 0 Å². The van der Waals surface area contributed by atoms with E-state index in [0.29, 0.717) is 21.4 Å². The second kappa shape index (κ2) is 5.71. The molecule has 3 rings (SSSR count). The molecule has 0 aliphatic heterocycles. The van der Waals surface area contributed by atoms with E-state index in [0.717, 1.165) is 10.1 Å². The van der Waals surface area contributed by atoms with E-state index in [9.17, 15) is 4.79 Å². The average Bonchev–Trinajstić information content (AvgIpc) is 3.13. The van der Waals surface area contributed by atoms with Gasteiger partial charge in [0.2, 0.25) is 0 Å². The van der Waals surface area contributed by atoms with Gasteiger partial charge in [0.05, 0.1) is 11.3 Å². The van der Waals surface area contributed by atoms with Crippen molar-refractivity contribution in [3.05, 3.63) is 58.3 Å². The van der Waals surface area contributed by atoms with Crippen LogP contribution in [0.5, 0.6) is 0 Å². The molecule has 0 saturated carbocycles. The number of carbonyl (C=O) groups is 1. The SMILES string of the molecule is C/C(=N/NC(=O)c1sc2ccccc2c1Cl)c1ccco1. The molecule has 0 saturated heterocycles. The predicted molar refractivity (Wildman–Crippen MR) is 85.2 cm³/mol. The first-order chi connectivity index (χ1) is 10.2. The van der Waals surface area contributed by atoms with E-state index in [4.69, 9.17) is 16.0 Å². The van der Waals surface area contributed by atoms with Crippen LogP contribution in [0.3, 0.4) is 0 Å². The van der Waals surface area contributed by atoms with Crippen LogP contribution < -0.4 is 5.43 Å². The molecule has 2 heterocycles. The Labute approximate surface area is 130 Å². The van der Waals surface area contributed by atoms with Crippen molar-refractivity contribution in [1.82, 2.24) is 5.43 Å². The molecule has 0 fully saturated rings. The molecular formula is C15H11ClN2O2S. The number of halogens is 1. The third kappa shape index (κ3) is 2.70. The molecule has 0 aliphatic carbocycles. The van der Waals surface area contributed by atoms with E-state index in [1.165, 1.54) is 11.3 Å². The number of furan rings is 1. The van der Waals surface area contributed by atoms with Crippen LogP contribution in [-0.2, 0) is 0 Å². The molecule has 0 bridgehead atoms. The number of hydrogen-bond donors (Lipinski definition) is 1. The summed E-state index contributed by atoms with van der Waals surface area (Å²) < 4.78 is 6.17. The largest absolute Gasteiger partial charge is 0.463 e. The summed E-state index contributed by atoms with van der Waals surface area (Å²) in [5.74, 6) is 0.282. The van der Waals surface area contributed by atoms with Gasteiger partial charge in [-0.1, -0.05) is 29.8 Å². The van der Waals surface area contributed by atoms with Gasteiger partial charge in [0.1, 0.15) is 16.3 Å². The number of benzene rings is 1. The number of amides is 1. The summed E-state index contributed by atoms with van der Waals surface area (Å²) in [5, 5.41) is 5.36. The minimum Gasteiger partial charge on any atom is -0.463 e. The lowest BCUT2D eigenvalue weighted by molar-refractivity contribution is 0.0959. The highest BCUT2D eigenvalue weighted by molar-refractivity contribution is 7.21. The summed E-state index contributed by atoms with van der Waals surface area (Å²) in [6.07, 6.45) is 1.55. The Kier molecular flexibility index (Phi) is 3.77. The fourth-order valence-electron chi connectivity index (χ4n) is 1.88. The molecule has 106 valence electrons. The molecule has 0 unspecified atom stereocenters. The molecule has 2 aromatic heterocycles. The van der Waals surface area contributed by atoms with Gasteiger partial charge in [-0.25, -0.2) is 5.43 Å². The van der Waals surface area contributed by atoms with Crippen LogP contribution in [0.25, 0.3) is 10.1 Å². The molecular weight excluding hydrogens is 308 g/mol. The standard InChI is InChI=1S/C15H11ClN2O2S/c1-9(11-6-4-8-20-11)17-18-15(19)14-13(16)10-5-2-3-7-12(10)21-14/h2-8H,1H3,(H,18,19)/b17-9-. The third-order valence-corrected chi connectivity index (χ3v) is 4.62. The Balaban J connectivity index is 1.84. The Morgan fingerprint density at radius 2 is 2.10 bits per heavy atom. The number of hydrazone groups is 1. The van der Waals surface area contributed by atoms with Crippen LogP contribution in [-0.4, -0.2) is 11.6 Å². The lowest BCUT2D eigenvalue weighted by Crippen LogP contribution is -2.18. The first-order valence-electron chi connectivity index (χ1n) is 6.22. The second-order valence-corrected chi connectivity index (χ2v) is 5.79. The fourth-order valence-corrected chi connectivity index (χ4v) is 3.29. The quantitative estimate of drug-likeness (QED) is 0.578. The van der Waals surface area contributed by atoms with Gasteiger partial charge in [-0.3, -0.25) is 4.79 Å². The summed E-state index contributed by atoms with van der Waals surface area (Å²) in [5.41, 5.74) is 3.09. The van der Waals surface area contributed by atoms with Gasteiger partial charge in [-0.15, -0.1) is 11.3 Å².